The Hall–Kier alpha value is -2.96. The summed E-state index contributed by atoms with van der Waals surface area (Å²) in [7, 11) is 0. The number of rotatable bonds is 2. The maximum absolute atomic E-state index is 13.2. The Kier molecular flexibility index (Phi) is 3.25. The molecule has 0 aliphatic carbocycles. The fourth-order valence-electron chi connectivity index (χ4n) is 3.70. The van der Waals surface area contributed by atoms with Crippen molar-refractivity contribution in [3.05, 3.63) is 76.9 Å². The lowest BCUT2D eigenvalue weighted by atomic mass is 10.1. The summed E-state index contributed by atoms with van der Waals surface area (Å²) < 4.78 is 2.07. The zero-order valence-corrected chi connectivity index (χ0v) is 14.8. The number of hydrogen-bond acceptors (Lipinski definition) is 4. The van der Waals surface area contributed by atoms with Crippen molar-refractivity contribution in [2.24, 2.45) is 0 Å². The molecule has 3 heterocycles. The fraction of sp³-hybridized carbons (Fsp3) is 0.100. The topological polar surface area (TPSA) is 58.4 Å². The number of fused-ring (bicyclic) bond motifs is 2. The molecule has 6 heteroatoms. The van der Waals surface area contributed by atoms with E-state index in [1.807, 2.05) is 37.3 Å². The first kappa shape index (κ1) is 15.3. The monoisotopic (exact) mass is 361 g/mol. The van der Waals surface area contributed by atoms with Crippen LogP contribution in [0.3, 0.4) is 0 Å². The first-order chi connectivity index (χ1) is 12.7. The smallest absolute Gasteiger partial charge is 0.265 e. The number of aryl methyl sites for hydroxylation is 1. The van der Waals surface area contributed by atoms with Gasteiger partial charge in [0.05, 0.1) is 16.8 Å². The first-order valence-electron chi connectivity index (χ1n) is 8.28. The Morgan fingerprint density at radius 2 is 2.00 bits per heavy atom. The molecule has 1 unspecified atom stereocenters. The Bertz CT molecular complexity index is 1150. The van der Waals surface area contributed by atoms with Crippen molar-refractivity contribution in [2.75, 3.05) is 4.90 Å². The molecule has 2 aromatic carbocycles. The minimum absolute atomic E-state index is 0.227. The summed E-state index contributed by atoms with van der Waals surface area (Å²) in [5.74, 6) is -0.227. The van der Waals surface area contributed by atoms with Crippen LogP contribution in [0, 0.1) is 6.92 Å². The molecule has 1 aliphatic heterocycles. The van der Waals surface area contributed by atoms with Crippen LogP contribution in [0.4, 0.5) is 5.13 Å². The van der Waals surface area contributed by atoms with E-state index in [1.54, 1.807) is 17.6 Å². The van der Waals surface area contributed by atoms with Crippen molar-refractivity contribution in [1.82, 2.24) is 9.55 Å². The predicted octanol–water partition coefficient (Wildman–Crippen LogP) is 4.05. The summed E-state index contributed by atoms with van der Waals surface area (Å²) in [5.41, 5.74) is 3.99. The van der Waals surface area contributed by atoms with Crippen LogP contribution in [-0.2, 0) is 0 Å². The van der Waals surface area contributed by atoms with Crippen LogP contribution in [0.5, 0.6) is 0 Å². The highest BCUT2D eigenvalue weighted by Gasteiger charge is 2.40. The van der Waals surface area contributed by atoms with E-state index in [1.165, 1.54) is 16.2 Å². The minimum atomic E-state index is -1.02. The number of para-hydroxylation sites is 1. The van der Waals surface area contributed by atoms with E-state index in [4.69, 9.17) is 0 Å². The van der Waals surface area contributed by atoms with Gasteiger partial charge >= 0.3 is 0 Å². The van der Waals surface area contributed by atoms with Gasteiger partial charge in [-0.15, -0.1) is 11.3 Å². The first-order valence-corrected chi connectivity index (χ1v) is 9.16. The van der Waals surface area contributed by atoms with Gasteiger partial charge in [-0.3, -0.25) is 9.69 Å². The van der Waals surface area contributed by atoms with Crippen molar-refractivity contribution < 1.29 is 9.90 Å². The van der Waals surface area contributed by atoms with E-state index in [0.717, 1.165) is 22.3 Å². The van der Waals surface area contributed by atoms with Gasteiger partial charge in [0.2, 0.25) is 0 Å². The standard InChI is InChI=1S/C20H15N3O2S/c1-12-11-13-5-2-3-7-15(13)22(12)16-8-4-6-14-17(16)19(25)23(18(14)24)20-21-9-10-26-20/h2-11,18,24H,1H3. The normalized spacial score (nSPS) is 16.5. The molecule has 1 amide bonds. The summed E-state index contributed by atoms with van der Waals surface area (Å²) >= 11 is 1.33. The number of aliphatic hydroxyl groups is 1. The molecule has 128 valence electrons. The second-order valence-corrected chi connectivity index (χ2v) is 7.16. The van der Waals surface area contributed by atoms with Gasteiger partial charge in [-0.25, -0.2) is 4.98 Å². The summed E-state index contributed by atoms with van der Waals surface area (Å²) in [4.78, 5) is 18.7. The van der Waals surface area contributed by atoms with E-state index in [9.17, 15) is 9.90 Å². The minimum Gasteiger partial charge on any atom is -0.369 e. The molecule has 0 bridgehead atoms. The van der Waals surface area contributed by atoms with Crippen molar-refractivity contribution in [3.8, 4) is 5.69 Å². The van der Waals surface area contributed by atoms with Gasteiger partial charge in [-0.1, -0.05) is 30.3 Å². The molecule has 0 radical (unpaired) electrons. The van der Waals surface area contributed by atoms with E-state index in [2.05, 4.69) is 21.7 Å². The molecule has 5 rings (SSSR count). The Labute approximate surface area is 153 Å². The molecular weight excluding hydrogens is 346 g/mol. The van der Waals surface area contributed by atoms with E-state index < -0.39 is 6.23 Å². The average molecular weight is 361 g/mol. The lowest BCUT2D eigenvalue weighted by Crippen LogP contribution is -2.27. The third kappa shape index (κ3) is 2.00. The third-order valence-electron chi connectivity index (χ3n) is 4.79. The number of hydrogen-bond donors (Lipinski definition) is 1. The van der Waals surface area contributed by atoms with E-state index in [0.29, 0.717) is 16.3 Å². The zero-order valence-electron chi connectivity index (χ0n) is 14.0. The molecule has 1 aliphatic rings. The lowest BCUT2D eigenvalue weighted by molar-refractivity contribution is 0.0935. The van der Waals surface area contributed by atoms with Crippen LogP contribution in [0.1, 0.15) is 27.8 Å². The number of carbonyl (C=O) groups excluding carboxylic acids is 1. The number of thiazole rings is 1. The van der Waals surface area contributed by atoms with Crippen LogP contribution in [0.15, 0.2) is 60.1 Å². The van der Waals surface area contributed by atoms with Crippen molar-refractivity contribution in [1.29, 1.82) is 0 Å². The molecule has 1 atom stereocenters. The molecule has 26 heavy (non-hydrogen) atoms. The second-order valence-electron chi connectivity index (χ2n) is 6.28. The summed E-state index contributed by atoms with van der Waals surface area (Å²) in [6.07, 6.45) is 0.610. The molecule has 0 spiro atoms. The van der Waals surface area contributed by atoms with Gasteiger partial charge in [-0.2, -0.15) is 0 Å². The molecule has 5 nitrogen and oxygen atoms in total. The maximum atomic E-state index is 13.2. The van der Waals surface area contributed by atoms with Gasteiger partial charge in [0, 0.05) is 28.2 Å². The van der Waals surface area contributed by atoms with Crippen molar-refractivity contribution in [2.45, 2.75) is 13.2 Å². The summed E-state index contributed by atoms with van der Waals surface area (Å²) in [5, 5.41) is 14.2. The third-order valence-corrected chi connectivity index (χ3v) is 5.56. The molecule has 0 saturated carbocycles. The lowest BCUT2D eigenvalue weighted by Gasteiger charge is -2.17. The van der Waals surface area contributed by atoms with Gasteiger partial charge in [-0.05, 0) is 25.1 Å². The van der Waals surface area contributed by atoms with Crippen LogP contribution >= 0.6 is 11.3 Å². The van der Waals surface area contributed by atoms with Gasteiger partial charge < -0.3 is 9.67 Å². The Morgan fingerprint density at radius 1 is 1.15 bits per heavy atom. The van der Waals surface area contributed by atoms with E-state index in [-0.39, 0.29) is 5.91 Å². The molecule has 4 aromatic rings. The molecule has 0 fully saturated rings. The largest absolute Gasteiger partial charge is 0.369 e. The molecule has 0 saturated heterocycles. The van der Waals surface area contributed by atoms with Crippen LogP contribution in [0.2, 0.25) is 0 Å². The fourth-order valence-corrected chi connectivity index (χ4v) is 4.36. The van der Waals surface area contributed by atoms with Crippen molar-refractivity contribution >= 4 is 33.3 Å². The number of carbonyl (C=O) groups is 1. The average Bonchev–Trinajstić information content (AvgIpc) is 3.33. The van der Waals surface area contributed by atoms with Crippen LogP contribution in [-0.4, -0.2) is 20.6 Å². The number of benzene rings is 2. The summed E-state index contributed by atoms with van der Waals surface area (Å²) in [6.45, 7) is 2.02. The van der Waals surface area contributed by atoms with Gasteiger partial charge in [0.1, 0.15) is 0 Å². The van der Waals surface area contributed by atoms with Gasteiger partial charge in [0.15, 0.2) is 11.4 Å². The number of aliphatic hydroxyl groups excluding tert-OH is 1. The number of anilines is 1. The molecule has 1 N–H and O–H groups in total. The zero-order chi connectivity index (χ0) is 17.8. The highest BCUT2D eigenvalue weighted by atomic mass is 32.1. The second kappa shape index (κ2) is 5.52. The number of nitrogens with zero attached hydrogens (tertiary/aromatic N) is 3. The predicted molar refractivity (Wildman–Crippen MR) is 102 cm³/mol. The number of aromatic nitrogens is 2. The highest BCUT2D eigenvalue weighted by Crippen LogP contribution is 2.40. The van der Waals surface area contributed by atoms with E-state index >= 15 is 0 Å². The van der Waals surface area contributed by atoms with Crippen molar-refractivity contribution in [3.63, 3.8) is 0 Å². The molecule has 2 aromatic heterocycles. The SMILES string of the molecule is Cc1cc2ccccc2n1-c1cccc2c1C(=O)N(c1nccs1)C2O. The summed E-state index contributed by atoms with van der Waals surface area (Å²) in [6, 6.07) is 15.8. The molecular formula is C20H15N3O2S. The Balaban J connectivity index is 1.76. The Morgan fingerprint density at radius 3 is 2.81 bits per heavy atom. The van der Waals surface area contributed by atoms with Crippen LogP contribution in [0.25, 0.3) is 16.6 Å². The maximum Gasteiger partial charge on any atom is 0.265 e. The number of amides is 1. The highest BCUT2D eigenvalue weighted by molar-refractivity contribution is 7.13. The quantitative estimate of drug-likeness (QED) is 0.586. The van der Waals surface area contributed by atoms with Crippen LogP contribution < -0.4 is 4.90 Å². The van der Waals surface area contributed by atoms with Gasteiger partial charge in [0.25, 0.3) is 5.91 Å².